The Morgan fingerprint density at radius 2 is 1.87 bits per heavy atom. The van der Waals surface area contributed by atoms with Crippen molar-refractivity contribution in [2.45, 2.75) is 12.8 Å². The standard InChI is InChI=1S/C20H15ClFN5O2S/c21-18-8-7-17(30-18)16(28)6-1-12-9-26(11-24-12)13-2-4-14(5-3-13)27-10-15(22)19(23)25-20(27)29/h2-5,7-11H,1,6H2,(H2,23,25,29). The smallest absolute Gasteiger partial charge is 0.354 e. The molecule has 4 rings (SSSR count). The van der Waals surface area contributed by atoms with Crippen LogP contribution in [0.1, 0.15) is 21.8 Å². The van der Waals surface area contributed by atoms with Crippen LogP contribution in [0.4, 0.5) is 10.2 Å². The molecule has 0 amide bonds. The van der Waals surface area contributed by atoms with E-state index in [9.17, 15) is 14.0 Å². The Morgan fingerprint density at radius 3 is 2.57 bits per heavy atom. The molecule has 10 heteroatoms. The summed E-state index contributed by atoms with van der Waals surface area (Å²) in [6, 6.07) is 10.3. The normalized spacial score (nSPS) is 11.0. The number of nitrogens with zero attached hydrogens (tertiary/aromatic N) is 4. The van der Waals surface area contributed by atoms with Crippen molar-refractivity contribution in [1.82, 2.24) is 19.1 Å². The van der Waals surface area contributed by atoms with E-state index in [0.29, 0.717) is 27.7 Å². The molecule has 0 atom stereocenters. The number of nitrogens with two attached hydrogens (primary N) is 1. The van der Waals surface area contributed by atoms with Crippen LogP contribution < -0.4 is 11.4 Å². The molecule has 7 nitrogen and oxygen atoms in total. The number of aromatic nitrogens is 4. The van der Waals surface area contributed by atoms with Gasteiger partial charge in [0.05, 0.1) is 33.1 Å². The molecule has 0 radical (unpaired) electrons. The molecule has 0 saturated carbocycles. The molecule has 152 valence electrons. The molecule has 1 aromatic carbocycles. The Morgan fingerprint density at radius 1 is 1.13 bits per heavy atom. The lowest BCUT2D eigenvalue weighted by Gasteiger charge is -2.07. The number of carbonyl (C=O) groups is 1. The van der Waals surface area contributed by atoms with Crippen LogP contribution in [0.25, 0.3) is 11.4 Å². The summed E-state index contributed by atoms with van der Waals surface area (Å²) in [6.07, 6.45) is 5.33. The Bertz CT molecular complexity index is 1280. The fourth-order valence-corrected chi connectivity index (χ4v) is 3.89. The molecule has 0 aliphatic rings. The van der Waals surface area contributed by atoms with Gasteiger partial charge in [-0.1, -0.05) is 11.6 Å². The molecule has 0 bridgehead atoms. The Kier molecular flexibility index (Phi) is 5.47. The molecular formula is C20H15ClFN5O2S. The number of hydrogen-bond donors (Lipinski definition) is 1. The lowest BCUT2D eigenvalue weighted by molar-refractivity contribution is 0.0986. The van der Waals surface area contributed by atoms with Gasteiger partial charge in [0, 0.05) is 18.3 Å². The molecule has 0 saturated heterocycles. The van der Waals surface area contributed by atoms with Gasteiger partial charge in [0.15, 0.2) is 17.4 Å². The molecule has 0 unspecified atom stereocenters. The van der Waals surface area contributed by atoms with Crippen molar-refractivity contribution < 1.29 is 9.18 Å². The number of ketones is 1. The van der Waals surface area contributed by atoms with Gasteiger partial charge >= 0.3 is 5.69 Å². The van der Waals surface area contributed by atoms with Crippen LogP contribution in [-0.2, 0) is 6.42 Å². The number of anilines is 1. The van der Waals surface area contributed by atoms with Crippen LogP contribution in [-0.4, -0.2) is 24.9 Å². The molecule has 30 heavy (non-hydrogen) atoms. The molecule has 4 aromatic rings. The van der Waals surface area contributed by atoms with Crippen molar-refractivity contribution in [3.05, 3.63) is 86.3 Å². The first-order valence-corrected chi connectivity index (χ1v) is 10.1. The molecule has 0 fully saturated rings. The largest absolute Gasteiger partial charge is 0.381 e. The van der Waals surface area contributed by atoms with Crippen LogP contribution >= 0.6 is 22.9 Å². The minimum Gasteiger partial charge on any atom is -0.381 e. The van der Waals surface area contributed by atoms with Crippen molar-refractivity contribution in [2.75, 3.05) is 5.73 Å². The minimum atomic E-state index is -0.766. The maximum Gasteiger partial charge on any atom is 0.354 e. The number of nitrogen functional groups attached to an aromatic ring is 1. The quantitative estimate of drug-likeness (QED) is 0.459. The zero-order chi connectivity index (χ0) is 21.3. The zero-order valence-corrected chi connectivity index (χ0v) is 17.0. The molecule has 3 aromatic heterocycles. The van der Waals surface area contributed by atoms with Crippen LogP contribution in [0.15, 0.2) is 59.9 Å². The number of rotatable bonds is 6. The van der Waals surface area contributed by atoms with Gasteiger partial charge in [-0.05, 0) is 42.8 Å². The van der Waals surface area contributed by atoms with Crippen LogP contribution in [0, 0.1) is 5.82 Å². The molecular weight excluding hydrogens is 429 g/mol. The summed E-state index contributed by atoms with van der Waals surface area (Å²) in [5, 5.41) is 0. The van der Waals surface area contributed by atoms with Crippen LogP contribution in [0.2, 0.25) is 4.34 Å². The van der Waals surface area contributed by atoms with Gasteiger partial charge in [-0.2, -0.15) is 4.98 Å². The SMILES string of the molecule is Nc1nc(=O)n(-c2ccc(-n3cnc(CCC(=O)c4ccc(Cl)s4)c3)cc2)cc1F. The number of carbonyl (C=O) groups excluding carboxylic acids is 1. The van der Waals surface area contributed by atoms with Gasteiger partial charge in [0.1, 0.15) is 0 Å². The Hall–Kier alpha value is -3.30. The van der Waals surface area contributed by atoms with E-state index in [1.165, 1.54) is 11.3 Å². The first-order valence-electron chi connectivity index (χ1n) is 8.87. The summed E-state index contributed by atoms with van der Waals surface area (Å²) in [5.74, 6) is -1.17. The van der Waals surface area contributed by atoms with Crippen molar-refractivity contribution in [3.63, 3.8) is 0 Å². The summed E-state index contributed by atoms with van der Waals surface area (Å²) >= 11 is 7.14. The van der Waals surface area contributed by atoms with Crippen molar-refractivity contribution in [3.8, 4) is 11.4 Å². The fourth-order valence-electron chi connectivity index (χ4n) is 2.88. The third-order valence-corrected chi connectivity index (χ3v) is 5.70. The minimum absolute atomic E-state index is 0.0283. The molecule has 0 aliphatic carbocycles. The lowest BCUT2D eigenvalue weighted by Crippen LogP contribution is -2.23. The highest BCUT2D eigenvalue weighted by molar-refractivity contribution is 7.18. The third kappa shape index (κ3) is 4.17. The average Bonchev–Trinajstić information content (AvgIpc) is 3.38. The average molecular weight is 444 g/mol. The maximum atomic E-state index is 13.6. The number of thiophene rings is 1. The highest BCUT2D eigenvalue weighted by Gasteiger charge is 2.11. The summed E-state index contributed by atoms with van der Waals surface area (Å²) in [5.41, 5.74) is 6.67. The van der Waals surface area contributed by atoms with Crippen molar-refractivity contribution in [1.29, 1.82) is 0 Å². The lowest BCUT2D eigenvalue weighted by atomic mass is 10.1. The number of imidazole rings is 1. The van der Waals surface area contributed by atoms with Crippen molar-refractivity contribution in [2.24, 2.45) is 0 Å². The fraction of sp³-hybridized carbons (Fsp3) is 0.100. The monoisotopic (exact) mass is 443 g/mol. The van der Waals surface area contributed by atoms with Gasteiger partial charge in [0.2, 0.25) is 0 Å². The second kappa shape index (κ2) is 8.21. The molecule has 3 heterocycles. The number of halogens is 2. The zero-order valence-electron chi connectivity index (χ0n) is 15.5. The van der Waals surface area contributed by atoms with Crippen molar-refractivity contribution >= 4 is 34.5 Å². The molecule has 0 aliphatic heterocycles. The second-order valence-corrected chi connectivity index (χ2v) is 8.16. The highest BCUT2D eigenvalue weighted by Crippen LogP contribution is 2.23. The summed E-state index contributed by atoms with van der Waals surface area (Å²) < 4.78 is 17.1. The van der Waals surface area contributed by atoms with E-state index < -0.39 is 17.3 Å². The number of aryl methyl sites for hydroxylation is 1. The highest BCUT2D eigenvalue weighted by atomic mass is 35.5. The first kappa shape index (κ1) is 20.0. The predicted molar refractivity (Wildman–Crippen MR) is 113 cm³/mol. The van der Waals surface area contributed by atoms with Gasteiger partial charge < -0.3 is 10.3 Å². The summed E-state index contributed by atoms with van der Waals surface area (Å²) in [4.78, 5) is 32.6. The maximum absolute atomic E-state index is 13.6. The first-order chi connectivity index (χ1) is 14.4. The third-order valence-electron chi connectivity index (χ3n) is 4.43. The van der Waals surface area contributed by atoms with E-state index in [1.54, 1.807) is 47.3 Å². The topological polar surface area (TPSA) is 95.8 Å². The van der Waals surface area contributed by atoms with Gasteiger partial charge in [0.25, 0.3) is 0 Å². The number of Topliss-reactive ketones (excluding diaryl/α,β-unsaturated/α-hetero) is 1. The molecule has 0 spiro atoms. The Balaban J connectivity index is 1.47. The van der Waals surface area contributed by atoms with Gasteiger partial charge in [-0.3, -0.25) is 9.36 Å². The van der Waals surface area contributed by atoms with Crippen LogP contribution in [0.5, 0.6) is 0 Å². The van der Waals surface area contributed by atoms with Gasteiger partial charge in [-0.25, -0.2) is 14.2 Å². The van der Waals surface area contributed by atoms with Crippen LogP contribution in [0.3, 0.4) is 0 Å². The summed E-state index contributed by atoms with van der Waals surface area (Å²) in [7, 11) is 0. The second-order valence-electron chi connectivity index (χ2n) is 6.44. The predicted octanol–water partition coefficient (Wildman–Crippen LogP) is 3.67. The Labute approximate surface area is 179 Å². The van der Waals surface area contributed by atoms with E-state index in [2.05, 4.69) is 9.97 Å². The van der Waals surface area contributed by atoms with E-state index in [1.807, 2.05) is 6.20 Å². The summed E-state index contributed by atoms with van der Waals surface area (Å²) in [6.45, 7) is 0. The van der Waals surface area contributed by atoms with Gasteiger partial charge in [-0.15, -0.1) is 11.3 Å². The van der Waals surface area contributed by atoms with E-state index in [0.717, 1.165) is 22.1 Å². The number of benzene rings is 1. The number of hydrogen-bond acceptors (Lipinski definition) is 6. The van der Waals surface area contributed by atoms with E-state index in [-0.39, 0.29) is 5.78 Å². The van der Waals surface area contributed by atoms with E-state index in [4.69, 9.17) is 17.3 Å². The molecule has 2 N–H and O–H groups in total. The van der Waals surface area contributed by atoms with E-state index >= 15 is 0 Å².